The van der Waals surface area contributed by atoms with Crippen LogP contribution in [0.5, 0.6) is 0 Å². The topological polar surface area (TPSA) is 96.5 Å². The molecule has 0 heterocycles. The summed E-state index contributed by atoms with van der Waals surface area (Å²) in [6.07, 6.45) is -0.343. The lowest BCUT2D eigenvalue weighted by atomic mass is 10.1. The van der Waals surface area contributed by atoms with E-state index in [1.165, 1.54) is 0 Å². The number of benzene rings is 2. The Kier molecular flexibility index (Phi) is 8.41. The Balaban J connectivity index is 1.74. The summed E-state index contributed by atoms with van der Waals surface area (Å²) >= 11 is 3.39. The number of rotatable bonds is 7. The van der Waals surface area contributed by atoms with Crippen molar-refractivity contribution in [1.82, 2.24) is 10.6 Å². The molecule has 160 valence electrons. The summed E-state index contributed by atoms with van der Waals surface area (Å²) in [5, 5.41) is 7.97. The first-order valence-electron chi connectivity index (χ1n) is 9.47. The van der Waals surface area contributed by atoms with Crippen molar-refractivity contribution in [1.29, 1.82) is 0 Å². The standard InChI is InChI=1S/C22H26BrN3O4/c1-22(2,3)30-21(29)25-14-20(28)26-18-9-7-15(8-10-18)13-24-19(27)12-16-5-4-6-17(23)11-16/h4-11H,12-14H2,1-3H3,(H,24,27)(H,25,29)(H,26,28). The summed E-state index contributed by atoms with van der Waals surface area (Å²) < 4.78 is 6.01. The van der Waals surface area contributed by atoms with Gasteiger partial charge in [-0.05, 0) is 56.2 Å². The largest absolute Gasteiger partial charge is 0.444 e. The summed E-state index contributed by atoms with van der Waals surface area (Å²) in [4.78, 5) is 35.6. The molecular formula is C22H26BrN3O4. The summed E-state index contributed by atoms with van der Waals surface area (Å²) in [5.74, 6) is -0.436. The number of hydrogen-bond acceptors (Lipinski definition) is 4. The Hall–Kier alpha value is -2.87. The van der Waals surface area contributed by atoms with E-state index in [0.717, 1.165) is 15.6 Å². The van der Waals surface area contributed by atoms with Gasteiger partial charge in [0.1, 0.15) is 12.1 Å². The monoisotopic (exact) mass is 475 g/mol. The smallest absolute Gasteiger partial charge is 0.408 e. The lowest BCUT2D eigenvalue weighted by molar-refractivity contribution is -0.120. The van der Waals surface area contributed by atoms with Crippen molar-refractivity contribution in [2.45, 2.75) is 39.3 Å². The molecule has 0 saturated carbocycles. The SMILES string of the molecule is CC(C)(C)OC(=O)NCC(=O)Nc1ccc(CNC(=O)Cc2cccc(Br)c2)cc1. The Morgan fingerprint density at radius 1 is 0.933 bits per heavy atom. The van der Waals surface area contributed by atoms with Gasteiger partial charge in [0, 0.05) is 16.7 Å². The highest BCUT2D eigenvalue weighted by Gasteiger charge is 2.16. The number of ether oxygens (including phenoxy) is 1. The third-order valence-corrected chi connectivity index (χ3v) is 4.27. The lowest BCUT2D eigenvalue weighted by Gasteiger charge is -2.19. The molecule has 0 fully saturated rings. The molecule has 2 aromatic rings. The van der Waals surface area contributed by atoms with E-state index in [2.05, 4.69) is 31.9 Å². The van der Waals surface area contributed by atoms with Crippen LogP contribution in [-0.4, -0.2) is 30.1 Å². The van der Waals surface area contributed by atoms with Crippen LogP contribution >= 0.6 is 15.9 Å². The van der Waals surface area contributed by atoms with Gasteiger partial charge in [-0.3, -0.25) is 9.59 Å². The molecule has 0 aliphatic rings. The minimum Gasteiger partial charge on any atom is -0.444 e. The summed E-state index contributed by atoms with van der Waals surface area (Å²) in [6.45, 7) is 5.44. The number of amides is 3. The molecule has 0 aliphatic heterocycles. The van der Waals surface area contributed by atoms with Gasteiger partial charge in [0.05, 0.1) is 6.42 Å². The fourth-order valence-electron chi connectivity index (χ4n) is 2.47. The number of anilines is 1. The molecule has 0 aliphatic carbocycles. The predicted octanol–water partition coefficient (Wildman–Crippen LogP) is 3.77. The highest BCUT2D eigenvalue weighted by Crippen LogP contribution is 2.13. The quantitative estimate of drug-likeness (QED) is 0.567. The summed E-state index contributed by atoms with van der Waals surface area (Å²) in [7, 11) is 0. The van der Waals surface area contributed by atoms with Crippen LogP contribution in [0.1, 0.15) is 31.9 Å². The molecular weight excluding hydrogens is 450 g/mol. The van der Waals surface area contributed by atoms with Crippen LogP contribution in [0.4, 0.5) is 10.5 Å². The van der Waals surface area contributed by atoms with Gasteiger partial charge >= 0.3 is 6.09 Å². The average Bonchev–Trinajstić information content (AvgIpc) is 2.64. The van der Waals surface area contributed by atoms with Crippen molar-refractivity contribution in [2.75, 3.05) is 11.9 Å². The molecule has 0 radical (unpaired) electrons. The second-order valence-electron chi connectivity index (χ2n) is 7.68. The maximum absolute atomic E-state index is 12.1. The molecule has 3 N–H and O–H groups in total. The fraction of sp³-hybridized carbons (Fsp3) is 0.318. The number of alkyl carbamates (subject to hydrolysis) is 1. The molecule has 30 heavy (non-hydrogen) atoms. The van der Waals surface area contributed by atoms with Gasteiger partial charge in [-0.2, -0.15) is 0 Å². The van der Waals surface area contributed by atoms with Gasteiger partial charge in [-0.1, -0.05) is 40.2 Å². The maximum atomic E-state index is 12.1. The predicted molar refractivity (Wildman–Crippen MR) is 119 cm³/mol. The molecule has 0 unspecified atom stereocenters. The van der Waals surface area contributed by atoms with E-state index >= 15 is 0 Å². The van der Waals surface area contributed by atoms with Crippen LogP contribution in [0.3, 0.4) is 0 Å². The normalized spacial score (nSPS) is 10.8. The molecule has 0 spiro atoms. The van der Waals surface area contributed by atoms with Crippen molar-refractivity contribution in [3.8, 4) is 0 Å². The van der Waals surface area contributed by atoms with Crippen molar-refractivity contribution >= 4 is 39.5 Å². The van der Waals surface area contributed by atoms with E-state index in [0.29, 0.717) is 18.7 Å². The molecule has 2 rings (SSSR count). The van der Waals surface area contributed by atoms with Crippen LogP contribution in [0.25, 0.3) is 0 Å². The minimum atomic E-state index is -0.647. The molecule has 8 heteroatoms. The van der Waals surface area contributed by atoms with Gasteiger partial charge in [0.25, 0.3) is 0 Å². The molecule has 7 nitrogen and oxygen atoms in total. The highest BCUT2D eigenvalue weighted by atomic mass is 79.9. The number of halogens is 1. The first-order valence-corrected chi connectivity index (χ1v) is 10.3. The van der Waals surface area contributed by atoms with Gasteiger partial charge in [0.2, 0.25) is 11.8 Å². The molecule has 2 aromatic carbocycles. The van der Waals surface area contributed by atoms with E-state index in [4.69, 9.17) is 4.74 Å². The Bertz CT molecular complexity index is 892. The Morgan fingerprint density at radius 3 is 2.27 bits per heavy atom. The number of nitrogens with one attached hydrogen (secondary N) is 3. The van der Waals surface area contributed by atoms with Gasteiger partial charge < -0.3 is 20.7 Å². The van der Waals surface area contributed by atoms with Gasteiger partial charge in [0.15, 0.2) is 0 Å². The van der Waals surface area contributed by atoms with E-state index in [9.17, 15) is 14.4 Å². The second kappa shape index (κ2) is 10.8. The minimum absolute atomic E-state index is 0.0707. The number of hydrogen-bond donors (Lipinski definition) is 3. The Labute approximate surface area is 184 Å². The van der Waals surface area contributed by atoms with E-state index in [-0.39, 0.29) is 18.4 Å². The molecule has 0 atom stereocenters. The fourth-order valence-corrected chi connectivity index (χ4v) is 2.92. The molecule has 3 amide bonds. The highest BCUT2D eigenvalue weighted by molar-refractivity contribution is 9.10. The van der Waals surface area contributed by atoms with Gasteiger partial charge in [-0.15, -0.1) is 0 Å². The third-order valence-electron chi connectivity index (χ3n) is 3.77. The number of carbonyl (C=O) groups excluding carboxylic acids is 3. The molecule has 0 aromatic heterocycles. The van der Waals surface area contributed by atoms with E-state index in [1.807, 2.05) is 36.4 Å². The molecule has 0 saturated heterocycles. The van der Waals surface area contributed by atoms with Crippen LogP contribution in [0, 0.1) is 0 Å². The van der Waals surface area contributed by atoms with Crippen molar-refractivity contribution in [3.63, 3.8) is 0 Å². The van der Waals surface area contributed by atoms with Crippen LogP contribution in [0.2, 0.25) is 0 Å². The first-order chi connectivity index (χ1) is 14.1. The van der Waals surface area contributed by atoms with Crippen molar-refractivity contribution < 1.29 is 19.1 Å². The van der Waals surface area contributed by atoms with E-state index < -0.39 is 11.7 Å². The van der Waals surface area contributed by atoms with Crippen molar-refractivity contribution in [3.05, 3.63) is 64.1 Å². The van der Waals surface area contributed by atoms with E-state index in [1.54, 1.807) is 32.9 Å². The van der Waals surface area contributed by atoms with Crippen molar-refractivity contribution in [2.24, 2.45) is 0 Å². The molecule has 0 bridgehead atoms. The summed E-state index contributed by atoms with van der Waals surface area (Å²) in [5.41, 5.74) is 1.81. The zero-order chi connectivity index (χ0) is 22.1. The third kappa shape index (κ3) is 9.09. The zero-order valence-corrected chi connectivity index (χ0v) is 18.8. The Morgan fingerprint density at radius 2 is 1.63 bits per heavy atom. The van der Waals surface area contributed by atoms with Gasteiger partial charge in [-0.25, -0.2) is 4.79 Å². The summed E-state index contributed by atoms with van der Waals surface area (Å²) in [6, 6.07) is 14.7. The zero-order valence-electron chi connectivity index (χ0n) is 17.3. The van der Waals surface area contributed by atoms with Crippen LogP contribution in [0.15, 0.2) is 53.0 Å². The van der Waals surface area contributed by atoms with Crippen LogP contribution in [-0.2, 0) is 27.3 Å². The lowest BCUT2D eigenvalue weighted by Crippen LogP contribution is -2.37. The first kappa shape index (κ1) is 23.4. The number of carbonyl (C=O) groups is 3. The maximum Gasteiger partial charge on any atom is 0.408 e. The van der Waals surface area contributed by atoms with Crippen LogP contribution < -0.4 is 16.0 Å². The second-order valence-corrected chi connectivity index (χ2v) is 8.60. The average molecular weight is 476 g/mol.